The molecular formula is C12H15N9. The molecular weight excluding hydrogens is 270 g/mol. The van der Waals surface area contributed by atoms with Gasteiger partial charge in [0.05, 0.1) is 5.69 Å². The summed E-state index contributed by atoms with van der Waals surface area (Å²) in [6.07, 6.45) is 1.89. The molecule has 0 fully saturated rings. The van der Waals surface area contributed by atoms with E-state index in [0.29, 0.717) is 6.42 Å². The van der Waals surface area contributed by atoms with Crippen LogP contribution in [0.4, 0.5) is 5.69 Å². The Kier molecular flexibility index (Phi) is 4.30. The first kappa shape index (κ1) is 14.7. The average molecular weight is 285 g/mol. The Balaban J connectivity index is 2.61. The van der Waals surface area contributed by atoms with Crippen LogP contribution in [0, 0.1) is 5.41 Å². The zero-order valence-electron chi connectivity index (χ0n) is 11.3. The summed E-state index contributed by atoms with van der Waals surface area (Å²) >= 11 is 0. The van der Waals surface area contributed by atoms with Crippen LogP contribution in [0.2, 0.25) is 0 Å². The maximum absolute atomic E-state index is 8.62. The van der Waals surface area contributed by atoms with E-state index in [4.69, 9.17) is 22.3 Å². The van der Waals surface area contributed by atoms with Crippen LogP contribution in [0.1, 0.15) is 23.5 Å². The highest BCUT2D eigenvalue weighted by Gasteiger charge is 2.43. The predicted octanol–water partition coefficient (Wildman–Crippen LogP) is 2.97. The smallest absolute Gasteiger partial charge is 0.0526 e. The van der Waals surface area contributed by atoms with Gasteiger partial charge < -0.3 is 10.8 Å². The second-order valence-corrected chi connectivity index (χ2v) is 4.95. The fourth-order valence-corrected chi connectivity index (χ4v) is 3.01. The average Bonchev–Trinajstić information content (AvgIpc) is 2.85. The molecule has 1 aliphatic carbocycles. The van der Waals surface area contributed by atoms with Gasteiger partial charge in [-0.25, -0.2) is 0 Å². The molecule has 0 radical (unpaired) electrons. The van der Waals surface area contributed by atoms with Gasteiger partial charge in [0.2, 0.25) is 0 Å². The van der Waals surface area contributed by atoms with Crippen molar-refractivity contribution in [3.8, 4) is 0 Å². The second-order valence-electron chi connectivity index (χ2n) is 4.95. The number of azide groups is 2. The van der Waals surface area contributed by atoms with E-state index in [2.05, 4.69) is 25.5 Å². The van der Waals surface area contributed by atoms with Crippen molar-refractivity contribution in [3.05, 3.63) is 50.2 Å². The zero-order chi connectivity index (χ0) is 15.3. The molecule has 1 unspecified atom stereocenters. The van der Waals surface area contributed by atoms with Crippen LogP contribution in [-0.4, -0.2) is 19.3 Å². The Labute approximate surface area is 120 Å². The topological polar surface area (TPSA) is 159 Å². The highest BCUT2D eigenvalue weighted by Crippen LogP contribution is 2.48. The third-order valence-corrected chi connectivity index (χ3v) is 3.89. The number of nitrogens with two attached hydrogens (primary N) is 1. The van der Waals surface area contributed by atoms with Crippen LogP contribution in [0.25, 0.3) is 20.9 Å². The van der Waals surface area contributed by atoms with Crippen LogP contribution in [-0.2, 0) is 5.41 Å². The highest BCUT2D eigenvalue weighted by molar-refractivity contribution is 5.75. The summed E-state index contributed by atoms with van der Waals surface area (Å²) in [4.78, 5) is 5.62. The van der Waals surface area contributed by atoms with E-state index in [0.717, 1.165) is 16.8 Å². The van der Waals surface area contributed by atoms with E-state index in [9.17, 15) is 0 Å². The summed E-state index contributed by atoms with van der Waals surface area (Å²) in [5, 5.41) is 15.0. The normalized spacial score (nSPS) is 22.6. The first-order chi connectivity index (χ1) is 10.2. The lowest BCUT2D eigenvalue weighted by Crippen LogP contribution is -2.30. The molecule has 0 aliphatic heterocycles. The van der Waals surface area contributed by atoms with Crippen molar-refractivity contribution in [3.63, 3.8) is 0 Å². The maximum Gasteiger partial charge on any atom is 0.0526 e. The summed E-state index contributed by atoms with van der Waals surface area (Å²) in [5.74, 6) is 5.38. The van der Waals surface area contributed by atoms with Crippen molar-refractivity contribution < 1.29 is 0 Å². The number of anilines is 1. The van der Waals surface area contributed by atoms with Gasteiger partial charge >= 0.3 is 0 Å². The summed E-state index contributed by atoms with van der Waals surface area (Å²) in [6, 6.07) is 5.56. The van der Waals surface area contributed by atoms with Gasteiger partial charge in [-0.3, -0.25) is 5.84 Å². The number of hydrazine groups is 1. The minimum absolute atomic E-state index is 0.157. The Morgan fingerprint density at radius 3 is 2.57 bits per heavy atom. The van der Waals surface area contributed by atoms with Gasteiger partial charge in [0.25, 0.3) is 0 Å². The molecule has 0 aromatic heterocycles. The predicted molar refractivity (Wildman–Crippen MR) is 80.1 cm³/mol. The van der Waals surface area contributed by atoms with Crippen molar-refractivity contribution in [2.75, 3.05) is 18.5 Å². The van der Waals surface area contributed by atoms with Crippen molar-refractivity contribution >= 4 is 11.9 Å². The van der Waals surface area contributed by atoms with Crippen molar-refractivity contribution in [1.29, 1.82) is 5.41 Å². The van der Waals surface area contributed by atoms with E-state index in [-0.39, 0.29) is 19.0 Å². The lowest BCUT2D eigenvalue weighted by Gasteiger charge is -2.27. The number of hydrogen-bond donors (Lipinski definition) is 3. The number of hydrogen-bond acceptors (Lipinski definition) is 5. The quantitative estimate of drug-likeness (QED) is 0.183. The van der Waals surface area contributed by atoms with Crippen molar-refractivity contribution in [1.82, 2.24) is 0 Å². The molecule has 9 nitrogen and oxygen atoms in total. The largest absolute Gasteiger partial charge is 0.324 e. The van der Waals surface area contributed by atoms with Gasteiger partial charge in [-0.15, -0.1) is 0 Å². The summed E-state index contributed by atoms with van der Waals surface area (Å²) in [5.41, 5.74) is 21.8. The number of nitrogens with zero attached hydrogens (tertiary/aromatic N) is 6. The molecule has 21 heavy (non-hydrogen) atoms. The number of nitrogens with one attached hydrogen (secondary N) is 2. The molecule has 1 aromatic rings. The number of rotatable bonds is 6. The van der Waals surface area contributed by atoms with Crippen LogP contribution >= 0.6 is 0 Å². The fraction of sp³-hybridized carbons (Fsp3) is 0.417. The number of benzene rings is 1. The van der Waals surface area contributed by atoms with Gasteiger partial charge in [0.15, 0.2) is 0 Å². The molecule has 1 aromatic carbocycles. The molecule has 0 saturated heterocycles. The first-order valence-electron chi connectivity index (χ1n) is 6.34. The van der Waals surface area contributed by atoms with E-state index in [1.165, 1.54) is 6.21 Å². The van der Waals surface area contributed by atoms with Gasteiger partial charge in [-0.05, 0) is 34.7 Å². The van der Waals surface area contributed by atoms with E-state index in [1.807, 2.05) is 18.2 Å². The lowest BCUT2D eigenvalue weighted by atomic mass is 9.81. The second kappa shape index (κ2) is 6.15. The molecule has 1 aliphatic rings. The summed E-state index contributed by atoms with van der Waals surface area (Å²) in [7, 11) is 0. The molecule has 0 amide bonds. The fourth-order valence-electron chi connectivity index (χ4n) is 3.01. The van der Waals surface area contributed by atoms with E-state index >= 15 is 0 Å². The van der Waals surface area contributed by atoms with Crippen molar-refractivity contribution in [2.45, 2.75) is 17.8 Å². The number of nitrogen functional groups attached to an aromatic ring is 1. The van der Waals surface area contributed by atoms with Crippen LogP contribution in [0.5, 0.6) is 0 Å². The monoisotopic (exact) mass is 285 g/mol. The molecule has 4 N–H and O–H groups in total. The summed E-state index contributed by atoms with van der Waals surface area (Å²) < 4.78 is 0. The van der Waals surface area contributed by atoms with Crippen LogP contribution < -0.4 is 11.3 Å². The SMILES string of the molecule is [N-]=[N+]=NCC1(CN=[N+]=[N-])CC(C=N)c2c(NN)cccc21. The minimum Gasteiger partial charge on any atom is -0.324 e. The maximum atomic E-state index is 8.62. The molecule has 0 saturated carbocycles. The third-order valence-electron chi connectivity index (χ3n) is 3.89. The van der Waals surface area contributed by atoms with Gasteiger partial charge in [0, 0.05) is 40.5 Å². The highest BCUT2D eigenvalue weighted by atomic mass is 15.2. The van der Waals surface area contributed by atoms with Gasteiger partial charge in [-0.1, -0.05) is 22.4 Å². The van der Waals surface area contributed by atoms with Crippen molar-refractivity contribution in [2.24, 2.45) is 16.1 Å². The van der Waals surface area contributed by atoms with E-state index < -0.39 is 5.41 Å². The first-order valence-corrected chi connectivity index (χ1v) is 6.34. The number of fused-ring (bicyclic) bond motifs is 1. The Hall–Kier alpha value is -2.73. The minimum atomic E-state index is -0.594. The third kappa shape index (κ3) is 2.48. The molecule has 108 valence electrons. The standard InChI is InChI=1S/C12H15N9/c13-5-8-4-12(6-17-20-15,7-18-21-16)9-2-1-3-10(19-14)11(8)9/h1-3,5,8,13,19H,4,6-7,14H2. The molecule has 1 atom stereocenters. The van der Waals surface area contributed by atoms with E-state index in [1.54, 1.807) is 0 Å². The lowest BCUT2D eigenvalue weighted by molar-refractivity contribution is 0.438. The molecule has 2 rings (SSSR count). The van der Waals surface area contributed by atoms with Crippen LogP contribution in [0.3, 0.4) is 0 Å². The molecule has 0 bridgehead atoms. The Morgan fingerprint density at radius 2 is 2.05 bits per heavy atom. The zero-order valence-corrected chi connectivity index (χ0v) is 11.3. The van der Waals surface area contributed by atoms with Gasteiger partial charge in [-0.2, -0.15) is 0 Å². The molecule has 0 spiro atoms. The van der Waals surface area contributed by atoms with Gasteiger partial charge in [0.1, 0.15) is 0 Å². The Morgan fingerprint density at radius 1 is 1.38 bits per heavy atom. The molecule has 9 heteroatoms. The summed E-state index contributed by atoms with van der Waals surface area (Å²) in [6.45, 7) is 0.349. The Bertz CT molecular complexity index is 620. The molecule has 0 heterocycles. The van der Waals surface area contributed by atoms with Crippen LogP contribution in [0.15, 0.2) is 28.4 Å².